The van der Waals surface area contributed by atoms with E-state index in [1.165, 1.54) is 23.1 Å². The molecule has 3 aromatic rings. The van der Waals surface area contributed by atoms with E-state index < -0.39 is 0 Å². The van der Waals surface area contributed by atoms with E-state index in [1.807, 2.05) is 36.6 Å². The van der Waals surface area contributed by atoms with E-state index >= 15 is 0 Å². The summed E-state index contributed by atoms with van der Waals surface area (Å²) in [6, 6.07) is 18.1. The van der Waals surface area contributed by atoms with E-state index in [9.17, 15) is 9.59 Å². The third-order valence-electron chi connectivity index (χ3n) is 3.49. The molecule has 0 unspecified atom stereocenters. The van der Waals surface area contributed by atoms with Crippen molar-refractivity contribution in [3.05, 3.63) is 86.7 Å². The number of halogens is 1. The minimum absolute atomic E-state index is 0.0499. The highest BCUT2D eigenvalue weighted by molar-refractivity contribution is 9.10. The zero-order chi connectivity index (χ0) is 17.1. The zero-order valence-electron chi connectivity index (χ0n) is 12.8. The number of thioether (sulfide) groups is 1. The summed E-state index contributed by atoms with van der Waals surface area (Å²) in [4.78, 5) is 26.0. The SMILES string of the molecule is CSc1sc(C(=O)c2ccc(Br)cc2)cc1C(=O)c1ccccc1. The third kappa shape index (κ3) is 3.53. The Balaban J connectivity index is 1.97. The van der Waals surface area contributed by atoms with Gasteiger partial charge in [0.2, 0.25) is 5.78 Å². The van der Waals surface area contributed by atoms with E-state index in [1.54, 1.807) is 30.3 Å². The molecule has 0 saturated carbocycles. The van der Waals surface area contributed by atoms with Gasteiger partial charge in [-0.05, 0) is 36.6 Å². The molecule has 0 spiro atoms. The van der Waals surface area contributed by atoms with Crippen molar-refractivity contribution in [3.8, 4) is 0 Å². The van der Waals surface area contributed by atoms with Gasteiger partial charge in [0.05, 0.1) is 9.09 Å². The molecule has 0 aliphatic carbocycles. The Morgan fingerprint density at radius 2 is 1.54 bits per heavy atom. The maximum Gasteiger partial charge on any atom is 0.203 e. The van der Waals surface area contributed by atoms with Gasteiger partial charge in [-0.1, -0.05) is 46.3 Å². The molecule has 0 aliphatic rings. The zero-order valence-corrected chi connectivity index (χ0v) is 16.0. The van der Waals surface area contributed by atoms with E-state index in [2.05, 4.69) is 15.9 Å². The van der Waals surface area contributed by atoms with Crippen molar-refractivity contribution in [1.29, 1.82) is 0 Å². The van der Waals surface area contributed by atoms with Crippen LogP contribution in [0.2, 0.25) is 0 Å². The number of carbonyl (C=O) groups excluding carboxylic acids is 2. The fraction of sp³-hybridized carbons (Fsp3) is 0.0526. The minimum Gasteiger partial charge on any atom is -0.289 e. The molecule has 3 rings (SSSR count). The molecule has 0 saturated heterocycles. The predicted octanol–water partition coefficient (Wildman–Crippen LogP) is 5.69. The van der Waals surface area contributed by atoms with Gasteiger partial charge < -0.3 is 0 Å². The third-order valence-corrected chi connectivity index (χ3v) is 6.29. The van der Waals surface area contributed by atoms with Crippen molar-refractivity contribution in [3.63, 3.8) is 0 Å². The van der Waals surface area contributed by atoms with Crippen LogP contribution < -0.4 is 0 Å². The molecule has 120 valence electrons. The molecule has 0 amide bonds. The van der Waals surface area contributed by atoms with Gasteiger partial charge in [0.1, 0.15) is 0 Å². The average Bonchev–Trinajstić information content (AvgIpc) is 3.06. The number of rotatable bonds is 5. The largest absolute Gasteiger partial charge is 0.289 e. The first-order chi connectivity index (χ1) is 11.6. The van der Waals surface area contributed by atoms with Crippen LogP contribution in [0.4, 0.5) is 0 Å². The Morgan fingerprint density at radius 3 is 2.17 bits per heavy atom. The van der Waals surface area contributed by atoms with Crippen molar-refractivity contribution in [1.82, 2.24) is 0 Å². The van der Waals surface area contributed by atoms with E-state index in [-0.39, 0.29) is 11.6 Å². The summed E-state index contributed by atoms with van der Waals surface area (Å²) < 4.78 is 1.79. The van der Waals surface area contributed by atoms with E-state index in [4.69, 9.17) is 0 Å². The molecule has 24 heavy (non-hydrogen) atoms. The van der Waals surface area contributed by atoms with Gasteiger partial charge in [0.25, 0.3) is 0 Å². The summed E-state index contributed by atoms with van der Waals surface area (Å²) in [6.07, 6.45) is 1.92. The lowest BCUT2D eigenvalue weighted by atomic mass is 10.0. The Morgan fingerprint density at radius 1 is 0.917 bits per heavy atom. The van der Waals surface area contributed by atoms with Gasteiger partial charge in [-0.15, -0.1) is 23.1 Å². The Bertz CT molecular complexity index is 883. The number of hydrogen-bond acceptors (Lipinski definition) is 4. The average molecular weight is 417 g/mol. The molecule has 2 aromatic carbocycles. The standard InChI is InChI=1S/C19H13BrO2S2/c1-23-19-15(17(21)12-5-3-2-4-6-12)11-16(24-19)18(22)13-7-9-14(20)10-8-13/h2-11H,1H3. The first kappa shape index (κ1) is 17.1. The Labute approximate surface area is 157 Å². The van der Waals surface area contributed by atoms with Crippen LogP contribution in [-0.4, -0.2) is 17.8 Å². The summed E-state index contributed by atoms with van der Waals surface area (Å²) in [7, 11) is 0. The number of benzene rings is 2. The van der Waals surface area contributed by atoms with Crippen LogP contribution in [0.5, 0.6) is 0 Å². The highest BCUT2D eigenvalue weighted by atomic mass is 79.9. The highest BCUT2D eigenvalue weighted by Gasteiger charge is 2.21. The first-order valence-electron chi connectivity index (χ1n) is 7.18. The van der Waals surface area contributed by atoms with Crippen molar-refractivity contribution >= 4 is 50.6 Å². The number of carbonyl (C=O) groups is 2. The lowest BCUT2D eigenvalue weighted by Crippen LogP contribution is -2.01. The number of thiophene rings is 1. The van der Waals surface area contributed by atoms with Crippen LogP contribution in [0.25, 0.3) is 0 Å². The van der Waals surface area contributed by atoms with E-state index in [0.717, 1.165) is 8.68 Å². The Kier molecular flexibility index (Phi) is 5.33. The summed E-state index contributed by atoms with van der Waals surface area (Å²) in [5, 5.41) is 0. The van der Waals surface area contributed by atoms with Crippen LogP contribution in [0.15, 0.2) is 69.3 Å². The molecule has 0 aliphatic heterocycles. The van der Waals surface area contributed by atoms with Crippen molar-refractivity contribution in [2.24, 2.45) is 0 Å². The topological polar surface area (TPSA) is 34.1 Å². The normalized spacial score (nSPS) is 10.6. The second kappa shape index (κ2) is 7.47. The Hall–Kier alpha value is -1.69. The van der Waals surface area contributed by atoms with Crippen LogP contribution >= 0.6 is 39.0 Å². The molecule has 0 radical (unpaired) electrons. The van der Waals surface area contributed by atoms with Crippen LogP contribution in [0.3, 0.4) is 0 Å². The molecule has 1 aromatic heterocycles. The van der Waals surface area contributed by atoms with Gasteiger partial charge in [-0.25, -0.2) is 0 Å². The van der Waals surface area contributed by atoms with E-state index in [0.29, 0.717) is 21.6 Å². The second-order valence-corrected chi connectivity index (χ2v) is 8.09. The lowest BCUT2D eigenvalue weighted by molar-refractivity contribution is 0.103. The predicted molar refractivity (Wildman–Crippen MR) is 104 cm³/mol. The molecule has 0 fully saturated rings. The van der Waals surface area contributed by atoms with Crippen molar-refractivity contribution in [2.45, 2.75) is 4.21 Å². The summed E-state index contributed by atoms with van der Waals surface area (Å²) in [6.45, 7) is 0. The van der Waals surface area contributed by atoms with Gasteiger partial charge >= 0.3 is 0 Å². The summed E-state index contributed by atoms with van der Waals surface area (Å²) in [5.41, 5.74) is 1.85. The smallest absolute Gasteiger partial charge is 0.203 e. The maximum atomic E-state index is 12.7. The molecule has 0 N–H and O–H groups in total. The second-order valence-electron chi connectivity index (χ2n) is 5.05. The molecular formula is C19H13BrO2S2. The highest BCUT2D eigenvalue weighted by Crippen LogP contribution is 2.33. The maximum absolute atomic E-state index is 12.7. The van der Waals surface area contributed by atoms with Crippen LogP contribution in [0.1, 0.15) is 31.2 Å². The quantitative estimate of drug-likeness (QED) is 0.395. The van der Waals surface area contributed by atoms with Crippen molar-refractivity contribution in [2.75, 3.05) is 6.26 Å². The molecule has 5 heteroatoms. The lowest BCUT2D eigenvalue weighted by Gasteiger charge is -2.00. The molecule has 2 nitrogen and oxygen atoms in total. The van der Waals surface area contributed by atoms with Gasteiger partial charge in [-0.2, -0.15) is 0 Å². The summed E-state index contributed by atoms with van der Waals surface area (Å²) in [5.74, 6) is -0.110. The van der Waals surface area contributed by atoms with Gasteiger partial charge in [0.15, 0.2) is 5.78 Å². The molecule has 1 heterocycles. The summed E-state index contributed by atoms with van der Waals surface area (Å²) >= 11 is 6.23. The number of ketones is 2. The molecule has 0 atom stereocenters. The monoisotopic (exact) mass is 416 g/mol. The fourth-order valence-corrected chi connectivity index (χ4v) is 4.37. The molecular weight excluding hydrogens is 404 g/mol. The van der Waals surface area contributed by atoms with Gasteiger partial charge in [-0.3, -0.25) is 9.59 Å². The molecule has 0 bridgehead atoms. The fourth-order valence-electron chi connectivity index (χ4n) is 2.28. The van der Waals surface area contributed by atoms with Gasteiger partial charge in [0, 0.05) is 21.2 Å². The van der Waals surface area contributed by atoms with Crippen LogP contribution in [-0.2, 0) is 0 Å². The van der Waals surface area contributed by atoms with Crippen LogP contribution in [0, 0.1) is 0 Å². The number of hydrogen-bond donors (Lipinski definition) is 0. The van der Waals surface area contributed by atoms with Crippen molar-refractivity contribution < 1.29 is 9.59 Å². The first-order valence-corrected chi connectivity index (χ1v) is 10.0. The minimum atomic E-state index is -0.0603.